The van der Waals surface area contributed by atoms with E-state index in [9.17, 15) is 19.1 Å². The fourth-order valence-corrected chi connectivity index (χ4v) is 2.70. The molecule has 1 aromatic carbocycles. The molecule has 0 bridgehead atoms. The second-order valence-corrected chi connectivity index (χ2v) is 5.54. The van der Waals surface area contributed by atoms with Gasteiger partial charge in [0, 0.05) is 11.6 Å². The second kappa shape index (κ2) is 5.79. The highest BCUT2D eigenvalue weighted by Gasteiger charge is 2.41. The Bertz CT molecular complexity index is 541. The summed E-state index contributed by atoms with van der Waals surface area (Å²) in [5.74, 6) is -2.25. The molecule has 2 rings (SSSR count). The van der Waals surface area contributed by atoms with Crippen LogP contribution in [-0.4, -0.2) is 23.5 Å². The minimum Gasteiger partial charge on any atom is -0.481 e. The van der Waals surface area contributed by atoms with Gasteiger partial charge in [0.2, 0.25) is 0 Å². The number of carbonyl (C=O) groups excluding carboxylic acids is 1. The molecule has 6 heteroatoms. The molecule has 20 heavy (non-hydrogen) atoms. The Morgan fingerprint density at radius 2 is 2.00 bits per heavy atom. The molecule has 0 saturated heterocycles. The van der Waals surface area contributed by atoms with E-state index in [1.807, 2.05) is 0 Å². The summed E-state index contributed by atoms with van der Waals surface area (Å²) in [5, 5.41) is 12.0. The predicted molar refractivity (Wildman–Crippen MR) is 72.3 cm³/mol. The van der Waals surface area contributed by atoms with Crippen LogP contribution >= 0.6 is 11.6 Å². The summed E-state index contributed by atoms with van der Waals surface area (Å²) in [6.07, 6.45) is 2.73. The first kappa shape index (κ1) is 14.8. The standard InChI is InChI=1S/C14H15ClFNO3/c15-9-3-4-10(11(16)7-9)12(18)17-8-14(13(19)20)5-1-2-6-14/h3-4,7H,1-2,5-6,8H2,(H,17,18)(H,19,20). The highest BCUT2D eigenvalue weighted by Crippen LogP contribution is 2.37. The molecule has 1 aliphatic carbocycles. The quantitative estimate of drug-likeness (QED) is 0.898. The number of hydrogen-bond donors (Lipinski definition) is 2. The lowest BCUT2D eigenvalue weighted by Gasteiger charge is -2.24. The van der Waals surface area contributed by atoms with Crippen molar-refractivity contribution in [2.45, 2.75) is 25.7 Å². The van der Waals surface area contributed by atoms with Gasteiger partial charge in [0.25, 0.3) is 5.91 Å². The van der Waals surface area contributed by atoms with Crippen LogP contribution in [-0.2, 0) is 4.79 Å². The van der Waals surface area contributed by atoms with Gasteiger partial charge in [-0.15, -0.1) is 0 Å². The zero-order valence-corrected chi connectivity index (χ0v) is 11.5. The Morgan fingerprint density at radius 3 is 2.55 bits per heavy atom. The first-order valence-corrected chi connectivity index (χ1v) is 6.79. The molecule has 1 fully saturated rings. The molecule has 0 unspecified atom stereocenters. The molecule has 1 amide bonds. The fraction of sp³-hybridized carbons (Fsp3) is 0.429. The van der Waals surface area contributed by atoms with Gasteiger partial charge in [0.15, 0.2) is 0 Å². The largest absolute Gasteiger partial charge is 0.481 e. The van der Waals surface area contributed by atoms with E-state index in [0.717, 1.165) is 18.9 Å². The van der Waals surface area contributed by atoms with Gasteiger partial charge in [0.1, 0.15) is 5.82 Å². The summed E-state index contributed by atoms with van der Waals surface area (Å²) < 4.78 is 13.6. The maximum Gasteiger partial charge on any atom is 0.311 e. The van der Waals surface area contributed by atoms with E-state index in [1.165, 1.54) is 12.1 Å². The molecule has 2 N–H and O–H groups in total. The van der Waals surface area contributed by atoms with Gasteiger partial charge in [-0.1, -0.05) is 24.4 Å². The van der Waals surface area contributed by atoms with E-state index in [4.69, 9.17) is 11.6 Å². The summed E-state index contributed by atoms with van der Waals surface area (Å²) in [4.78, 5) is 23.3. The van der Waals surface area contributed by atoms with Crippen molar-refractivity contribution in [3.63, 3.8) is 0 Å². The fourth-order valence-electron chi connectivity index (χ4n) is 2.54. The average Bonchev–Trinajstić information content (AvgIpc) is 2.86. The molecule has 0 radical (unpaired) electrons. The molecule has 4 nitrogen and oxygen atoms in total. The van der Waals surface area contributed by atoms with Gasteiger partial charge in [-0.05, 0) is 31.0 Å². The Balaban J connectivity index is 2.06. The molecule has 1 aliphatic rings. The molecule has 1 saturated carbocycles. The van der Waals surface area contributed by atoms with Crippen LogP contribution in [0, 0.1) is 11.2 Å². The maximum absolute atomic E-state index is 13.6. The average molecular weight is 300 g/mol. The molecular weight excluding hydrogens is 285 g/mol. The molecule has 0 aliphatic heterocycles. The van der Waals surface area contributed by atoms with Crippen LogP contribution in [0.1, 0.15) is 36.0 Å². The number of amides is 1. The van der Waals surface area contributed by atoms with Crippen molar-refractivity contribution in [2.24, 2.45) is 5.41 Å². The lowest BCUT2D eigenvalue weighted by molar-refractivity contribution is -0.148. The SMILES string of the molecule is O=C(NCC1(C(=O)O)CCCC1)c1ccc(Cl)cc1F. The Labute approximate surface area is 120 Å². The van der Waals surface area contributed by atoms with E-state index >= 15 is 0 Å². The van der Waals surface area contributed by atoms with E-state index in [1.54, 1.807) is 0 Å². The van der Waals surface area contributed by atoms with Crippen molar-refractivity contribution in [2.75, 3.05) is 6.54 Å². The highest BCUT2D eigenvalue weighted by molar-refractivity contribution is 6.30. The number of carboxylic acid groups (broad SMARTS) is 1. The van der Waals surface area contributed by atoms with Crippen molar-refractivity contribution in [3.05, 3.63) is 34.6 Å². The van der Waals surface area contributed by atoms with E-state index in [0.29, 0.717) is 12.8 Å². The first-order valence-electron chi connectivity index (χ1n) is 6.41. The van der Waals surface area contributed by atoms with Crippen molar-refractivity contribution in [3.8, 4) is 0 Å². The lowest BCUT2D eigenvalue weighted by atomic mass is 9.86. The number of carboxylic acids is 1. The van der Waals surface area contributed by atoms with Crippen LogP contribution < -0.4 is 5.32 Å². The van der Waals surface area contributed by atoms with Gasteiger partial charge in [-0.2, -0.15) is 0 Å². The summed E-state index contributed by atoms with van der Waals surface area (Å²) in [6, 6.07) is 3.76. The van der Waals surface area contributed by atoms with E-state index in [-0.39, 0.29) is 17.1 Å². The predicted octanol–water partition coefficient (Wildman–Crippen LogP) is 2.85. The highest BCUT2D eigenvalue weighted by atomic mass is 35.5. The van der Waals surface area contributed by atoms with Gasteiger partial charge < -0.3 is 10.4 Å². The number of hydrogen-bond acceptors (Lipinski definition) is 2. The minimum atomic E-state index is -0.918. The molecule has 0 spiro atoms. The third-order valence-corrected chi connectivity index (χ3v) is 4.01. The van der Waals surface area contributed by atoms with Crippen LogP contribution in [0.2, 0.25) is 5.02 Å². The number of benzene rings is 1. The molecule has 0 aromatic heterocycles. The number of rotatable bonds is 4. The Hall–Kier alpha value is -1.62. The van der Waals surface area contributed by atoms with Crippen LogP contribution in [0.5, 0.6) is 0 Å². The number of aliphatic carboxylic acids is 1. The van der Waals surface area contributed by atoms with Crippen LogP contribution in [0.3, 0.4) is 0 Å². The van der Waals surface area contributed by atoms with Gasteiger partial charge >= 0.3 is 5.97 Å². The summed E-state index contributed by atoms with van der Waals surface area (Å²) >= 11 is 5.62. The monoisotopic (exact) mass is 299 g/mol. The summed E-state index contributed by atoms with van der Waals surface area (Å²) in [6.45, 7) is 0.0171. The third kappa shape index (κ3) is 2.93. The van der Waals surface area contributed by atoms with Crippen molar-refractivity contribution in [1.29, 1.82) is 0 Å². The normalized spacial score (nSPS) is 16.9. The molecule has 1 aromatic rings. The van der Waals surface area contributed by atoms with E-state index < -0.39 is 23.1 Å². The molecular formula is C14H15ClFNO3. The first-order chi connectivity index (χ1) is 9.44. The topological polar surface area (TPSA) is 66.4 Å². The number of carbonyl (C=O) groups is 2. The summed E-state index contributed by atoms with van der Waals surface area (Å²) in [7, 11) is 0. The minimum absolute atomic E-state index is 0.0171. The maximum atomic E-state index is 13.6. The smallest absolute Gasteiger partial charge is 0.311 e. The molecule has 0 heterocycles. The Morgan fingerprint density at radius 1 is 1.35 bits per heavy atom. The van der Waals surface area contributed by atoms with Gasteiger partial charge in [-0.3, -0.25) is 9.59 Å². The van der Waals surface area contributed by atoms with Crippen LogP contribution in [0.15, 0.2) is 18.2 Å². The van der Waals surface area contributed by atoms with Gasteiger partial charge in [-0.25, -0.2) is 4.39 Å². The second-order valence-electron chi connectivity index (χ2n) is 5.10. The Kier molecular flexibility index (Phi) is 4.28. The number of nitrogens with one attached hydrogen (secondary N) is 1. The zero-order valence-electron chi connectivity index (χ0n) is 10.8. The number of halogens is 2. The van der Waals surface area contributed by atoms with Crippen LogP contribution in [0.4, 0.5) is 4.39 Å². The molecule has 108 valence electrons. The lowest BCUT2D eigenvalue weighted by Crippen LogP contribution is -2.41. The van der Waals surface area contributed by atoms with Crippen molar-refractivity contribution < 1.29 is 19.1 Å². The van der Waals surface area contributed by atoms with Crippen molar-refractivity contribution >= 4 is 23.5 Å². The molecule has 0 atom stereocenters. The van der Waals surface area contributed by atoms with Crippen molar-refractivity contribution in [1.82, 2.24) is 5.32 Å². The summed E-state index contributed by atoms with van der Waals surface area (Å²) in [5.41, 5.74) is -1.05. The van der Waals surface area contributed by atoms with E-state index in [2.05, 4.69) is 5.32 Å². The van der Waals surface area contributed by atoms with Crippen LogP contribution in [0.25, 0.3) is 0 Å². The third-order valence-electron chi connectivity index (χ3n) is 3.78. The zero-order chi connectivity index (χ0) is 14.8. The van der Waals surface area contributed by atoms with Gasteiger partial charge in [0.05, 0.1) is 11.0 Å².